The van der Waals surface area contributed by atoms with Crippen molar-refractivity contribution in [1.29, 1.82) is 0 Å². The Labute approximate surface area is 96.9 Å². The van der Waals surface area contributed by atoms with Crippen LogP contribution in [0.2, 0.25) is 0 Å². The molecule has 3 unspecified atom stereocenters. The molecule has 4 nitrogen and oxygen atoms in total. The van der Waals surface area contributed by atoms with Crippen molar-refractivity contribution < 1.29 is 14.7 Å². The minimum atomic E-state index is 0.108. The Morgan fingerprint density at radius 1 is 1.50 bits per heavy atom. The summed E-state index contributed by atoms with van der Waals surface area (Å²) in [7, 11) is 3.44. The van der Waals surface area contributed by atoms with Crippen LogP contribution in [0.3, 0.4) is 0 Å². The van der Waals surface area contributed by atoms with Crippen molar-refractivity contribution in [1.82, 2.24) is 0 Å². The predicted octanol–water partition coefficient (Wildman–Crippen LogP) is 2.22. The second-order valence-electron chi connectivity index (χ2n) is 4.20. The summed E-state index contributed by atoms with van der Waals surface area (Å²) in [5.74, 6) is 0.482. The topological polar surface area (TPSA) is 51.0 Å². The Balaban J connectivity index is 2.57. The summed E-state index contributed by atoms with van der Waals surface area (Å²) in [6.45, 7) is 2.03. The Kier molecular flexibility index (Phi) is 5.49. The van der Waals surface area contributed by atoms with Crippen LogP contribution in [0.4, 0.5) is 0 Å². The molecule has 0 aromatic carbocycles. The van der Waals surface area contributed by atoms with Gasteiger partial charge in [0.2, 0.25) is 0 Å². The smallest absolute Gasteiger partial charge is 0.0861 e. The van der Waals surface area contributed by atoms with Gasteiger partial charge >= 0.3 is 0 Å². The molecule has 0 aliphatic heterocycles. The van der Waals surface area contributed by atoms with E-state index in [9.17, 15) is 0 Å². The third kappa shape index (κ3) is 3.32. The molecule has 4 heteroatoms. The molecule has 0 fully saturated rings. The van der Waals surface area contributed by atoms with Gasteiger partial charge in [-0.05, 0) is 37.7 Å². The number of oxime groups is 1. The molecule has 1 rings (SSSR count). The minimum Gasteiger partial charge on any atom is -0.411 e. The van der Waals surface area contributed by atoms with Gasteiger partial charge in [-0.15, -0.1) is 0 Å². The lowest BCUT2D eigenvalue weighted by molar-refractivity contribution is -0.0581. The Morgan fingerprint density at radius 2 is 2.25 bits per heavy atom. The maximum Gasteiger partial charge on any atom is 0.0861 e. The highest BCUT2D eigenvalue weighted by atomic mass is 16.5. The number of hydrogen-bond donors (Lipinski definition) is 1. The van der Waals surface area contributed by atoms with Crippen LogP contribution in [0.5, 0.6) is 0 Å². The molecular formula is C12H21NO3. The third-order valence-corrected chi connectivity index (χ3v) is 3.28. The molecule has 3 atom stereocenters. The van der Waals surface area contributed by atoms with E-state index >= 15 is 0 Å². The summed E-state index contributed by atoms with van der Waals surface area (Å²) in [4.78, 5) is 0. The van der Waals surface area contributed by atoms with Crippen molar-refractivity contribution in [3.8, 4) is 0 Å². The first kappa shape index (κ1) is 13.2. The van der Waals surface area contributed by atoms with E-state index in [-0.39, 0.29) is 12.2 Å². The lowest BCUT2D eigenvalue weighted by Crippen LogP contribution is -2.35. The summed E-state index contributed by atoms with van der Waals surface area (Å²) in [6.07, 6.45) is 6.80. The monoisotopic (exact) mass is 227 g/mol. The highest BCUT2D eigenvalue weighted by molar-refractivity contribution is 5.78. The van der Waals surface area contributed by atoms with Crippen molar-refractivity contribution in [2.75, 3.05) is 14.2 Å². The molecule has 92 valence electrons. The standard InChI is InChI=1S/C12H21NO3/c1-9(15-2)12(16-3)11-6-4-10(5-7-11)8-13-14/h4,8-9,11-12,14H,5-7H2,1-3H3. The summed E-state index contributed by atoms with van der Waals surface area (Å²) in [6, 6.07) is 0. The molecule has 0 saturated carbocycles. The maximum absolute atomic E-state index is 8.45. The van der Waals surface area contributed by atoms with E-state index < -0.39 is 0 Å². The average molecular weight is 227 g/mol. The number of hydrogen-bond acceptors (Lipinski definition) is 4. The fourth-order valence-electron chi connectivity index (χ4n) is 2.27. The first-order valence-corrected chi connectivity index (χ1v) is 5.65. The molecule has 1 aliphatic carbocycles. The van der Waals surface area contributed by atoms with E-state index in [1.165, 1.54) is 6.21 Å². The summed E-state index contributed by atoms with van der Waals surface area (Å²) < 4.78 is 10.8. The Bertz CT molecular complexity index is 263. The molecule has 1 N–H and O–H groups in total. The van der Waals surface area contributed by atoms with E-state index in [2.05, 4.69) is 11.2 Å². The van der Waals surface area contributed by atoms with Gasteiger partial charge in [-0.2, -0.15) is 0 Å². The van der Waals surface area contributed by atoms with Crippen molar-refractivity contribution in [3.05, 3.63) is 11.6 Å². The quantitative estimate of drug-likeness (QED) is 0.445. The number of rotatable bonds is 5. The SMILES string of the molecule is COC(C)C(OC)C1CC=C(C=NO)CC1. The van der Waals surface area contributed by atoms with Gasteiger partial charge in [0.1, 0.15) is 0 Å². The fraction of sp³-hybridized carbons (Fsp3) is 0.750. The highest BCUT2D eigenvalue weighted by Gasteiger charge is 2.27. The van der Waals surface area contributed by atoms with E-state index in [1.807, 2.05) is 6.92 Å². The van der Waals surface area contributed by atoms with E-state index in [4.69, 9.17) is 14.7 Å². The number of nitrogens with zero attached hydrogens (tertiary/aromatic N) is 1. The molecule has 0 radical (unpaired) electrons. The summed E-state index contributed by atoms with van der Waals surface area (Å²) in [5.41, 5.74) is 1.10. The van der Waals surface area contributed by atoms with Crippen LogP contribution in [0.15, 0.2) is 16.8 Å². The molecule has 0 aromatic heterocycles. The van der Waals surface area contributed by atoms with Crippen LogP contribution in [-0.4, -0.2) is 37.8 Å². The van der Waals surface area contributed by atoms with Crippen LogP contribution in [0.1, 0.15) is 26.2 Å². The zero-order chi connectivity index (χ0) is 12.0. The first-order valence-electron chi connectivity index (χ1n) is 5.65. The van der Waals surface area contributed by atoms with Crippen LogP contribution in [0, 0.1) is 5.92 Å². The zero-order valence-electron chi connectivity index (χ0n) is 10.2. The second-order valence-corrected chi connectivity index (χ2v) is 4.20. The molecule has 0 aromatic rings. The number of allylic oxidation sites excluding steroid dienone is 2. The summed E-state index contributed by atoms with van der Waals surface area (Å²) in [5, 5.41) is 11.5. The van der Waals surface area contributed by atoms with Crippen molar-refractivity contribution in [2.24, 2.45) is 11.1 Å². The zero-order valence-corrected chi connectivity index (χ0v) is 10.2. The number of ether oxygens (including phenoxy) is 2. The van der Waals surface area contributed by atoms with E-state index in [0.29, 0.717) is 5.92 Å². The molecule has 0 spiro atoms. The molecular weight excluding hydrogens is 206 g/mol. The summed E-state index contributed by atoms with van der Waals surface area (Å²) >= 11 is 0. The van der Waals surface area contributed by atoms with Crippen LogP contribution < -0.4 is 0 Å². The Morgan fingerprint density at radius 3 is 2.69 bits per heavy atom. The van der Waals surface area contributed by atoms with Crippen LogP contribution in [-0.2, 0) is 9.47 Å². The minimum absolute atomic E-state index is 0.108. The molecule has 16 heavy (non-hydrogen) atoms. The van der Waals surface area contributed by atoms with Crippen molar-refractivity contribution in [2.45, 2.75) is 38.4 Å². The van der Waals surface area contributed by atoms with Gasteiger partial charge in [-0.3, -0.25) is 0 Å². The normalized spacial score (nSPS) is 25.4. The lowest BCUT2D eigenvalue weighted by atomic mass is 9.84. The van der Waals surface area contributed by atoms with Gasteiger partial charge in [0.15, 0.2) is 0 Å². The van der Waals surface area contributed by atoms with Gasteiger partial charge in [-0.25, -0.2) is 0 Å². The van der Waals surface area contributed by atoms with Gasteiger partial charge in [0.05, 0.1) is 18.4 Å². The molecule has 1 aliphatic rings. The van der Waals surface area contributed by atoms with Gasteiger partial charge in [-0.1, -0.05) is 11.2 Å². The largest absolute Gasteiger partial charge is 0.411 e. The van der Waals surface area contributed by atoms with Gasteiger partial charge in [0.25, 0.3) is 0 Å². The maximum atomic E-state index is 8.45. The van der Waals surface area contributed by atoms with Crippen LogP contribution >= 0.6 is 0 Å². The highest BCUT2D eigenvalue weighted by Crippen LogP contribution is 2.28. The second kappa shape index (κ2) is 6.66. The third-order valence-electron chi connectivity index (χ3n) is 3.28. The predicted molar refractivity (Wildman–Crippen MR) is 63.0 cm³/mol. The van der Waals surface area contributed by atoms with Crippen molar-refractivity contribution in [3.63, 3.8) is 0 Å². The van der Waals surface area contributed by atoms with Gasteiger partial charge in [0, 0.05) is 14.2 Å². The number of methoxy groups -OCH3 is 2. The van der Waals surface area contributed by atoms with E-state index in [0.717, 1.165) is 24.8 Å². The molecule has 0 saturated heterocycles. The van der Waals surface area contributed by atoms with E-state index in [1.54, 1.807) is 14.2 Å². The van der Waals surface area contributed by atoms with Gasteiger partial charge < -0.3 is 14.7 Å². The Hall–Kier alpha value is -0.870. The molecule has 0 heterocycles. The van der Waals surface area contributed by atoms with Crippen LogP contribution in [0.25, 0.3) is 0 Å². The lowest BCUT2D eigenvalue weighted by Gasteiger charge is -2.31. The molecule has 0 bridgehead atoms. The molecule has 0 amide bonds. The van der Waals surface area contributed by atoms with Crippen molar-refractivity contribution >= 4 is 6.21 Å². The first-order chi connectivity index (χ1) is 7.72. The fourth-order valence-corrected chi connectivity index (χ4v) is 2.27. The average Bonchev–Trinajstić information content (AvgIpc) is 2.32.